The highest BCUT2D eigenvalue weighted by molar-refractivity contribution is 6.30. The molecule has 2 aliphatic heterocycles. The summed E-state index contributed by atoms with van der Waals surface area (Å²) < 4.78 is 5.51. The van der Waals surface area contributed by atoms with Gasteiger partial charge in [-0.1, -0.05) is 28.4 Å². The number of aromatic nitrogens is 4. The van der Waals surface area contributed by atoms with Crippen LogP contribution in [0.15, 0.2) is 28.9 Å². The van der Waals surface area contributed by atoms with E-state index in [1.165, 1.54) is 0 Å². The Morgan fingerprint density at radius 2 is 2.07 bits per heavy atom. The Morgan fingerprint density at radius 1 is 1.18 bits per heavy atom. The molecule has 0 radical (unpaired) electrons. The molecule has 28 heavy (non-hydrogen) atoms. The van der Waals surface area contributed by atoms with Crippen molar-refractivity contribution >= 4 is 29.1 Å². The van der Waals surface area contributed by atoms with Gasteiger partial charge in [0, 0.05) is 18.8 Å². The zero-order chi connectivity index (χ0) is 19.3. The van der Waals surface area contributed by atoms with Crippen LogP contribution >= 0.6 is 23.2 Å². The number of aryl methyl sites for hydroxylation is 1. The molecule has 5 rings (SSSR count). The molecule has 2 aliphatic rings. The monoisotopic (exact) mass is 417 g/mol. The number of hydrogen-bond acceptors (Lipinski definition) is 5. The minimum Gasteiger partial charge on any atom is -0.357 e. The SMILES string of the molecule is O=C1c2ccc(Cl)nc2CC[C@H]2CC[C@@H](c3nc(-c4cc(Cl)c[nH]4)no3)CN12. The van der Waals surface area contributed by atoms with Gasteiger partial charge in [0.15, 0.2) is 0 Å². The molecule has 0 aliphatic carbocycles. The number of pyridine rings is 1. The van der Waals surface area contributed by atoms with Gasteiger partial charge in [-0.15, -0.1) is 0 Å². The molecule has 2 atom stereocenters. The van der Waals surface area contributed by atoms with Gasteiger partial charge in [0.05, 0.1) is 27.9 Å². The highest BCUT2D eigenvalue weighted by atomic mass is 35.5. The number of rotatable bonds is 2. The molecule has 1 amide bonds. The fraction of sp³-hybridized carbons (Fsp3) is 0.368. The standard InChI is InChI=1S/C19H17Cl2N5O2/c20-11-7-15(22-8-11)17-24-18(28-25-17)10-1-2-12-3-5-14-13(4-6-16(21)23-14)19(27)26(12)9-10/h4,6-8,10,12,22H,1-3,5,9H2/t10-,12-/m1/s1. The van der Waals surface area contributed by atoms with Crippen molar-refractivity contribution in [1.29, 1.82) is 0 Å². The van der Waals surface area contributed by atoms with Gasteiger partial charge in [-0.25, -0.2) is 4.98 Å². The van der Waals surface area contributed by atoms with E-state index in [1.54, 1.807) is 24.4 Å². The number of carbonyl (C=O) groups is 1. The molecule has 144 valence electrons. The lowest BCUT2D eigenvalue weighted by molar-refractivity contribution is 0.0570. The van der Waals surface area contributed by atoms with Crippen molar-refractivity contribution in [2.24, 2.45) is 0 Å². The number of nitrogens with zero attached hydrogens (tertiary/aromatic N) is 4. The van der Waals surface area contributed by atoms with Crippen LogP contribution in [0.1, 0.15) is 47.1 Å². The summed E-state index contributed by atoms with van der Waals surface area (Å²) in [5.74, 6) is 1.03. The quantitative estimate of drug-likeness (QED) is 0.633. The summed E-state index contributed by atoms with van der Waals surface area (Å²) in [6.07, 6.45) is 5.10. The van der Waals surface area contributed by atoms with Crippen LogP contribution in [0.4, 0.5) is 0 Å². The molecular formula is C19H17Cl2N5O2. The van der Waals surface area contributed by atoms with Crippen molar-refractivity contribution in [2.75, 3.05) is 6.54 Å². The topological polar surface area (TPSA) is 87.9 Å². The minimum atomic E-state index is 0.00209. The van der Waals surface area contributed by atoms with E-state index in [2.05, 4.69) is 20.1 Å². The van der Waals surface area contributed by atoms with Gasteiger partial charge >= 0.3 is 0 Å². The van der Waals surface area contributed by atoms with E-state index in [4.69, 9.17) is 27.7 Å². The molecule has 1 saturated heterocycles. The number of piperidine rings is 1. The van der Waals surface area contributed by atoms with Crippen molar-refractivity contribution in [3.8, 4) is 11.5 Å². The highest BCUT2D eigenvalue weighted by Gasteiger charge is 2.37. The maximum absolute atomic E-state index is 13.1. The normalized spacial score (nSPS) is 21.9. The van der Waals surface area contributed by atoms with Crippen molar-refractivity contribution < 1.29 is 9.32 Å². The molecule has 0 spiro atoms. The molecule has 0 saturated carbocycles. The third-order valence-corrected chi connectivity index (χ3v) is 5.96. The summed E-state index contributed by atoms with van der Waals surface area (Å²) >= 11 is 12.0. The molecule has 1 N–H and O–H groups in total. The smallest absolute Gasteiger partial charge is 0.255 e. The molecule has 3 aromatic rings. The van der Waals surface area contributed by atoms with Crippen molar-refractivity contribution in [3.05, 3.63) is 51.7 Å². The van der Waals surface area contributed by atoms with Crippen molar-refractivity contribution in [2.45, 2.75) is 37.6 Å². The number of nitrogens with one attached hydrogen (secondary N) is 1. The predicted octanol–water partition coefficient (Wildman–Crippen LogP) is 4.10. The average molecular weight is 418 g/mol. The van der Waals surface area contributed by atoms with Gasteiger partial charge in [-0.05, 0) is 43.9 Å². The minimum absolute atomic E-state index is 0.00209. The van der Waals surface area contributed by atoms with Crippen molar-refractivity contribution in [3.63, 3.8) is 0 Å². The van der Waals surface area contributed by atoms with E-state index >= 15 is 0 Å². The molecule has 0 aromatic carbocycles. The zero-order valence-corrected chi connectivity index (χ0v) is 16.4. The van der Waals surface area contributed by atoms with Crippen LogP contribution in [-0.4, -0.2) is 43.5 Å². The Morgan fingerprint density at radius 3 is 2.89 bits per heavy atom. The summed E-state index contributed by atoms with van der Waals surface area (Å²) in [5, 5.41) is 5.07. The van der Waals surface area contributed by atoms with E-state index in [0.717, 1.165) is 31.4 Å². The Labute approximate surface area is 171 Å². The zero-order valence-electron chi connectivity index (χ0n) is 14.9. The summed E-state index contributed by atoms with van der Waals surface area (Å²) in [6, 6.07) is 5.40. The van der Waals surface area contributed by atoms with Gasteiger partial charge in [0.1, 0.15) is 5.15 Å². The first-order chi connectivity index (χ1) is 13.6. The van der Waals surface area contributed by atoms with Gasteiger partial charge in [0.25, 0.3) is 5.91 Å². The molecular weight excluding hydrogens is 401 g/mol. The fourth-order valence-electron chi connectivity index (χ4n) is 4.10. The molecule has 0 unspecified atom stereocenters. The first-order valence-corrected chi connectivity index (χ1v) is 9.98. The fourth-order valence-corrected chi connectivity index (χ4v) is 4.43. The second-order valence-corrected chi connectivity index (χ2v) is 8.06. The van der Waals surface area contributed by atoms with E-state index in [0.29, 0.717) is 39.7 Å². The molecule has 3 aromatic heterocycles. The lowest BCUT2D eigenvalue weighted by Crippen LogP contribution is -2.45. The maximum atomic E-state index is 13.1. The Hall–Kier alpha value is -2.38. The second kappa shape index (κ2) is 6.90. The number of aromatic amines is 1. The van der Waals surface area contributed by atoms with Crippen molar-refractivity contribution in [1.82, 2.24) is 25.0 Å². The molecule has 9 heteroatoms. The summed E-state index contributed by atoms with van der Waals surface area (Å²) in [6.45, 7) is 0.554. The van der Waals surface area contributed by atoms with E-state index in [1.807, 2.05) is 4.90 Å². The Bertz CT molecular complexity index is 1050. The Balaban J connectivity index is 1.40. The molecule has 5 heterocycles. The van der Waals surface area contributed by atoms with Crippen LogP contribution in [0.3, 0.4) is 0 Å². The highest BCUT2D eigenvalue weighted by Crippen LogP contribution is 2.35. The molecule has 7 nitrogen and oxygen atoms in total. The van der Waals surface area contributed by atoms with Crippen LogP contribution in [0, 0.1) is 0 Å². The number of fused-ring (bicyclic) bond motifs is 2. The third kappa shape index (κ3) is 3.08. The van der Waals surface area contributed by atoms with E-state index in [9.17, 15) is 4.79 Å². The summed E-state index contributed by atoms with van der Waals surface area (Å²) in [4.78, 5) is 27.0. The van der Waals surface area contributed by atoms with Gasteiger partial charge in [0.2, 0.25) is 11.7 Å². The lowest BCUT2D eigenvalue weighted by Gasteiger charge is -2.37. The molecule has 0 bridgehead atoms. The average Bonchev–Trinajstić information content (AvgIpc) is 3.32. The number of H-pyrrole nitrogens is 1. The van der Waals surface area contributed by atoms with Gasteiger partial charge in [-0.2, -0.15) is 4.98 Å². The number of amides is 1. The van der Waals surface area contributed by atoms with E-state index in [-0.39, 0.29) is 17.9 Å². The summed E-state index contributed by atoms with van der Waals surface area (Å²) in [5.41, 5.74) is 2.13. The lowest BCUT2D eigenvalue weighted by atomic mass is 9.91. The van der Waals surface area contributed by atoms with Crippen LogP contribution < -0.4 is 0 Å². The number of carbonyl (C=O) groups excluding carboxylic acids is 1. The maximum Gasteiger partial charge on any atom is 0.255 e. The van der Waals surface area contributed by atoms with Crippen LogP contribution in [0.5, 0.6) is 0 Å². The number of hydrogen-bond donors (Lipinski definition) is 1. The van der Waals surface area contributed by atoms with E-state index < -0.39 is 0 Å². The van der Waals surface area contributed by atoms with Gasteiger partial charge in [-0.3, -0.25) is 4.79 Å². The van der Waals surface area contributed by atoms with Crippen LogP contribution in [-0.2, 0) is 6.42 Å². The first-order valence-electron chi connectivity index (χ1n) is 9.23. The first kappa shape index (κ1) is 17.7. The predicted molar refractivity (Wildman–Crippen MR) is 103 cm³/mol. The largest absolute Gasteiger partial charge is 0.357 e. The van der Waals surface area contributed by atoms with Crippen LogP contribution in [0.25, 0.3) is 11.5 Å². The Kier molecular flexibility index (Phi) is 4.36. The van der Waals surface area contributed by atoms with Gasteiger partial charge < -0.3 is 14.4 Å². The van der Waals surface area contributed by atoms with Crippen LogP contribution in [0.2, 0.25) is 10.2 Å². The second-order valence-electron chi connectivity index (χ2n) is 7.24. The summed E-state index contributed by atoms with van der Waals surface area (Å²) in [7, 11) is 0. The third-order valence-electron chi connectivity index (χ3n) is 5.53. The number of halogens is 2. The molecule has 1 fully saturated rings.